The lowest BCUT2D eigenvalue weighted by Gasteiger charge is -2.21. The second-order valence-corrected chi connectivity index (χ2v) is 5.12. The largest absolute Gasteiger partial charge is 0.481 e. The van der Waals surface area contributed by atoms with E-state index in [-0.39, 0.29) is 0 Å². The Balaban J connectivity index is 2.13. The van der Waals surface area contributed by atoms with Crippen LogP contribution in [0.5, 0.6) is 0 Å². The molecule has 1 N–H and O–H groups in total. The molecule has 0 spiro atoms. The fourth-order valence-electron chi connectivity index (χ4n) is 1.88. The van der Waals surface area contributed by atoms with Gasteiger partial charge in [0, 0.05) is 31.3 Å². The van der Waals surface area contributed by atoms with Crippen molar-refractivity contribution in [1.82, 2.24) is 9.97 Å². The van der Waals surface area contributed by atoms with Crippen LogP contribution < -0.4 is 4.90 Å². The Hall–Kier alpha value is -1.65. The topological polar surface area (TPSA) is 66.3 Å². The molecule has 18 heavy (non-hydrogen) atoms. The van der Waals surface area contributed by atoms with Gasteiger partial charge in [0.25, 0.3) is 0 Å². The van der Waals surface area contributed by atoms with Gasteiger partial charge in [-0.05, 0) is 19.8 Å². The molecule has 0 aliphatic heterocycles. The number of carboxylic acids is 1. The zero-order valence-corrected chi connectivity index (χ0v) is 11.1. The first-order chi connectivity index (χ1) is 8.47. The van der Waals surface area contributed by atoms with Gasteiger partial charge in [0.05, 0.1) is 5.92 Å². The summed E-state index contributed by atoms with van der Waals surface area (Å²) >= 11 is 0. The second-order valence-electron chi connectivity index (χ2n) is 5.12. The third-order valence-corrected chi connectivity index (χ3v) is 3.16. The minimum atomic E-state index is -0.782. The summed E-state index contributed by atoms with van der Waals surface area (Å²) in [5.41, 5.74) is 0.941. The molecule has 1 aliphatic rings. The fraction of sp³-hybridized carbons (Fsp3) is 0.615. The van der Waals surface area contributed by atoms with Crippen molar-refractivity contribution in [3.63, 3.8) is 0 Å². The molecule has 1 aromatic rings. The monoisotopic (exact) mass is 249 g/mol. The van der Waals surface area contributed by atoms with Crippen molar-refractivity contribution in [2.45, 2.75) is 32.6 Å². The Morgan fingerprint density at radius 1 is 1.56 bits per heavy atom. The van der Waals surface area contributed by atoms with Crippen molar-refractivity contribution in [3.8, 4) is 0 Å². The Kier molecular flexibility index (Phi) is 3.50. The number of aromatic nitrogens is 2. The summed E-state index contributed by atoms with van der Waals surface area (Å²) in [7, 11) is 1.87. The Bertz CT molecular complexity index is 458. The molecule has 1 saturated carbocycles. The smallest absolute Gasteiger partial charge is 0.308 e. The number of aliphatic carboxylic acids is 1. The van der Waals surface area contributed by atoms with Crippen LogP contribution in [0.4, 0.5) is 5.82 Å². The van der Waals surface area contributed by atoms with Crippen molar-refractivity contribution in [3.05, 3.63) is 17.6 Å². The predicted molar refractivity (Wildman–Crippen MR) is 68.8 cm³/mol. The minimum Gasteiger partial charge on any atom is -0.481 e. The minimum absolute atomic E-state index is 0.408. The standard InChI is InChI=1S/C13H19N3O2/c1-8(13(17)18)7-16(3)11-6-9(2)14-12(15-11)10-4-5-10/h6,8,10H,4-5,7H2,1-3H3,(H,17,18). The van der Waals surface area contributed by atoms with E-state index in [1.807, 2.05) is 24.9 Å². The number of hydrogen-bond acceptors (Lipinski definition) is 4. The zero-order chi connectivity index (χ0) is 13.3. The molecular weight excluding hydrogens is 230 g/mol. The average molecular weight is 249 g/mol. The van der Waals surface area contributed by atoms with Crippen LogP contribution in [0.2, 0.25) is 0 Å². The van der Waals surface area contributed by atoms with Crippen molar-refractivity contribution in [2.75, 3.05) is 18.5 Å². The zero-order valence-electron chi connectivity index (χ0n) is 11.1. The molecule has 98 valence electrons. The van der Waals surface area contributed by atoms with Crippen LogP contribution in [-0.4, -0.2) is 34.6 Å². The van der Waals surface area contributed by atoms with E-state index in [0.29, 0.717) is 12.5 Å². The van der Waals surface area contributed by atoms with Crippen molar-refractivity contribution in [1.29, 1.82) is 0 Å². The van der Waals surface area contributed by atoms with Gasteiger partial charge in [-0.2, -0.15) is 0 Å². The molecular formula is C13H19N3O2. The summed E-state index contributed by atoms with van der Waals surface area (Å²) in [6.45, 7) is 4.11. The first kappa shape index (κ1) is 12.8. The molecule has 0 bridgehead atoms. The molecule has 1 aliphatic carbocycles. The molecule has 0 radical (unpaired) electrons. The van der Waals surface area contributed by atoms with Gasteiger partial charge < -0.3 is 10.0 Å². The summed E-state index contributed by atoms with van der Waals surface area (Å²) in [5.74, 6) is 1.04. The normalized spacial score (nSPS) is 16.4. The van der Waals surface area contributed by atoms with Crippen LogP contribution in [0.3, 0.4) is 0 Å². The molecule has 1 fully saturated rings. The first-order valence-electron chi connectivity index (χ1n) is 6.27. The van der Waals surface area contributed by atoms with Gasteiger partial charge in [-0.15, -0.1) is 0 Å². The number of aryl methyl sites for hydroxylation is 1. The third kappa shape index (κ3) is 2.97. The lowest BCUT2D eigenvalue weighted by molar-refractivity contribution is -0.140. The Morgan fingerprint density at radius 3 is 2.78 bits per heavy atom. The van der Waals surface area contributed by atoms with Crippen molar-refractivity contribution < 1.29 is 9.90 Å². The third-order valence-electron chi connectivity index (χ3n) is 3.16. The number of rotatable bonds is 5. The Morgan fingerprint density at radius 2 is 2.22 bits per heavy atom. The van der Waals surface area contributed by atoms with E-state index in [2.05, 4.69) is 9.97 Å². The molecule has 2 rings (SSSR count). The number of hydrogen-bond donors (Lipinski definition) is 1. The van der Waals surface area contributed by atoms with Crippen LogP contribution in [0.1, 0.15) is 37.2 Å². The highest BCUT2D eigenvalue weighted by atomic mass is 16.4. The van der Waals surface area contributed by atoms with Crippen LogP contribution in [-0.2, 0) is 4.79 Å². The summed E-state index contributed by atoms with van der Waals surface area (Å²) in [6, 6.07) is 1.90. The Labute approximate surface area is 107 Å². The predicted octanol–water partition coefficient (Wildman–Crippen LogP) is 1.82. The molecule has 0 aromatic carbocycles. The van der Waals surface area contributed by atoms with Gasteiger partial charge in [-0.3, -0.25) is 4.79 Å². The molecule has 1 aromatic heterocycles. The number of carboxylic acid groups (broad SMARTS) is 1. The van der Waals surface area contributed by atoms with E-state index in [9.17, 15) is 4.79 Å². The van der Waals surface area contributed by atoms with E-state index in [1.165, 1.54) is 0 Å². The number of anilines is 1. The molecule has 0 amide bonds. The van der Waals surface area contributed by atoms with Gasteiger partial charge in [0.1, 0.15) is 11.6 Å². The SMILES string of the molecule is Cc1cc(N(C)CC(C)C(=O)O)nc(C2CC2)n1. The summed E-state index contributed by atoms with van der Waals surface area (Å²) in [5, 5.41) is 8.93. The molecule has 5 heteroatoms. The fourth-order valence-corrected chi connectivity index (χ4v) is 1.88. The van der Waals surface area contributed by atoms with Gasteiger partial charge in [0.2, 0.25) is 0 Å². The van der Waals surface area contributed by atoms with Crippen LogP contribution in [0, 0.1) is 12.8 Å². The van der Waals surface area contributed by atoms with Gasteiger partial charge in [-0.25, -0.2) is 9.97 Å². The molecule has 1 unspecified atom stereocenters. The van der Waals surface area contributed by atoms with Gasteiger partial charge in [-0.1, -0.05) is 6.92 Å². The van der Waals surface area contributed by atoms with Gasteiger partial charge >= 0.3 is 5.97 Å². The summed E-state index contributed by atoms with van der Waals surface area (Å²) < 4.78 is 0. The quantitative estimate of drug-likeness (QED) is 0.862. The van der Waals surface area contributed by atoms with E-state index >= 15 is 0 Å². The lowest BCUT2D eigenvalue weighted by atomic mass is 10.2. The van der Waals surface area contributed by atoms with Crippen LogP contribution >= 0.6 is 0 Å². The summed E-state index contributed by atoms with van der Waals surface area (Å²) in [6.07, 6.45) is 2.33. The highest BCUT2D eigenvalue weighted by Crippen LogP contribution is 2.38. The highest BCUT2D eigenvalue weighted by Gasteiger charge is 2.27. The second kappa shape index (κ2) is 4.92. The van der Waals surface area contributed by atoms with E-state index in [0.717, 1.165) is 30.2 Å². The highest BCUT2D eigenvalue weighted by molar-refractivity contribution is 5.70. The van der Waals surface area contributed by atoms with Crippen LogP contribution in [0.25, 0.3) is 0 Å². The molecule has 5 nitrogen and oxygen atoms in total. The maximum Gasteiger partial charge on any atom is 0.308 e. The van der Waals surface area contributed by atoms with E-state index < -0.39 is 11.9 Å². The summed E-state index contributed by atoms with van der Waals surface area (Å²) in [4.78, 5) is 21.7. The van der Waals surface area contributed by atoms with Gasteiger partial charge in [0.15, 0.2) is 0 Å². The average Bonchev–Trinajstić information content (AvgIpc) is 3.11. The van der Waals surface area contributed by atoms with Crippen molar-refractivity contribution >= 4 is 11.8 Å². The number of carbonyl (C=O) groups is 1. The molecule has 0 saturated heterocycles. The maximum atomic E-state index is 10.9. The number of nitrogens with zero attached hydrogens (tertiary/aromatic N) is 3. The lowest BCUT2D eigenvalue weighted by Crippen LogP contribution is -2.29. The van der Waals surface area contributed by atoms with E-state index in [1.54, 1.807) is 6.92 Å². The van der Waals surface area contributed by atoms with E-state index in [4.69, 9.17) is 5.11 Å². The van der Waals surface area contributed by atoms with Crippen LogP contribution in [0.15, 0.2) is 6.07 Å². The van der Waals surface area contributed by atoms with Crippen molar-refractivity contribution in [2.24, 2.45) is 5.92 Å². The molecule has 1 atom stereocenters. The molecule has 1 heterocycles. The first-order valence-corrected chi connectivity index (χ1v) is 6.27. The maximum absolute atomic E-state index is 10.9.